The molecule has 3 aromatic rings. The zero-order valence-electron chi connectivity index (χ0n) is 10.9. The number of aryl methyl sites for hydroxylation is 1. The number of tetrazole rings is 1. The van der Waals surface area contributed by atoms with Crippen molar-refractivity contribution in [3.05, 3.63) is 29.0 Å². The summed E-state index contributed by atoms with van der Waals surface area (Å²) in [5, 5.41) is 13.3. The number of halogens is 1. The van der Waals surface area contributed by atoms with Crippen LogP contribution in [0.15, 0.2) is 23.4 Å². The van der Waals surface area contributed by atoms with Crippen LogP contribution in [0.4, 0.5) is 0 Å². The van der Waals surface area contributed by atoms with E-state index in [1.807, 2.05) is 22.9 Å². The fourth-order valence-electron chi connectivity index (χ4n) is 1.87. The number of thioether (sulfide) groups is 1. The molecule has 6 nitrogen and oxygen atoms in total. The van der Waals surface area contributed by atoms with Gasteiger partial charge in [-0.15, -0.1) is 5.10 Å². The summed E-state index contributed by atoms with van der Waals surface area (Å²) in [6, 6.07) is 5.61. The van der Waals surface area contributed by atoms with Gasteiger partial charge in [0.25, 0.3) is 0 Å². The van der Waals surface area contributed by atoms with Gasteiger partial charge in [0, 0.05) is 11.6 Å². The molecule has 0 spiro atoms. The molecule has 2 aromatic heterocycles. The van der Waals surface area contributed by atoms with E-state index in [4.69, 9.17) is 11.6 Å². The molecule has 8 heteroatoms. The van der Waals surface area contributed by atoms with Crippen molar-refractivity contribution in [3.63, 3.8) is 0 Å². The molecular weight excluding hydrogens is 296 g/mol. The second-order valence-electron chi connectivity index (χ2n) is 4.31. The predicted molar refractivity (Wildman–Crippen MR) is 78.8 cm³/mol. The molecule has 104 valence electrons. The third-order valence-corrected chi connectivity index (χ3v) is 3.91. The number of H-pyrrole nitrogens is 1. The van der Waals surface area contributed by atoms with Crippen LogP contribution in [0.25, 0.3) is 11.0 Å². The van der Waals surface area contributed by atoms with Gasteiger partial charge in [-0.25, -0.2) is 9.67 Å². The standard InChI is InChI=1S/C12H13ClN6S/c1-2-5-19-11(16-17-18-19)7-20-12-14-9-4-3-8(13)6-10(9)15-12/h3-4,6H,2,5,7H2,1H3,(H,14,15). The van der Waals surface area contributed by atoms with E-state index in [2.05, 4.69) is 32.4 Å². The maximum atomic E-state index is 5.96. The Hall–Kier alpha value is -1.60. The third-order valence-electron chi connectivity index (χ3n) is 2.80. The number of fused-ring (bicyclic) bond motifs is 1. The minimum Gasteiger partial charge on any atom is -0.333 e. The topological polar surface area (TPSA) is 72.3 Å². The first-order chi connectivity index (χ1) is 9.76. The second-order valence-corrected chi connectivity index (χ2v) is 5.71. The molecule has 0 atom stereocenters. The minimum atomic E-state index is 0.681. The zero-order chi connectivity index (χ0) is 13.9. The highest BCUT2D eigenvalue weighted by atomic mass is 35.5. The van der Waals surface area contributed by atoms with Gasteiger partial charge in [0.1, 0.15) is 0 Å². The molecule has 0 saturated carbocycles. The molecule has 0 bridgehead atoms. The van der Waals surface area contributed by atoms with Crippen molar-refractivity contribution in [2.45, 2.75) is 30.8 Å². The van der Waals surface area contributed by atoms with E-state index >= 15 is 0 Å². The average molecular weight is 309 g/mol. The number of aromatic amines is 1. The van der Waals surface area contributed by atoms with Gasteiger partial charge in [-0.05, 0) is 35.0 Å². The van der Waals surface area contributed by atoms with Crippen molar-refractivity contribution in [1.82, 2.24) is 30.2 Å². The number of nitrogens with zero attached hydrogens (tertiary/aromatic N) is 5. The van der Waals surface area contributed by atoms with E-state index in [-0.39, 0.29) is 0 Å². The number of imidazole rings is 1. The average Bonchev–Trinajstić information content (AvgIpc) is 3.02. The molecule has 0 aliphatic heterocycles. The molecule has 0 saturated heterocycles. The Kier molecular flexibility index (Phi) is 3.88. The summed E-state index contributed by atoms with van der Waals surface area (Å²) in [4.78, 5) is 7.74. The summed E-state index contributed by atoms with van der Waals surface area (Å²) in [6.07, 6.45) is 1.01. The summed E-state index contributed by atoms with van der Waals surface area (Å²) in [7, 11) is 0. The molecule has 1 aromatic carbocycles. The molecule has 20 heavy (non-hydrogen) atoms. The van der Waals surface area contributed by atoms with Crippen molar-refractivity contribution < 1.29 is 0 Å². The maximum absolute atomic E-state index is 5.96. The lowest BCUT2D eigenvalue weighted by Crippen LogP contribution is -2.04. The summed E-state index contributed by atoms with van der Waals surface area (Å²) >= 11 is 7.53. The summed E-state index contributed by atoms with van der Waals surface area (Å²) in [6.45, 7) is 2.93. The van der Waals surface area contributed by atoms with Gasteiger partial charge in [0.05, 0.1) is 16.8 Å². The van der Waals surface area contributed by atoms with Crippen molar-refractivity contribution >= 4 is 34.4 Å². The lowest BCUT2D eigenvalue weighted by molar-refractivity contribution is 0.564. The van der Waals surface area contributed by atoms with Crippen LogP contribution in [0.3, 0.4) is 0 Å². The van der Waals surface area contributed by atoms with Crippen molar-refractivity contribution in [3.8, 4) is 0 Å². The van der Waals surface area contributed by atoms with E-state index in [0.29, 0.717) is 10.8 Å². The molecule has 3 rings (SSSR count). The lowest BCUT2D eigenvalue weighted by atomic mass is 10.3. The van der Waals surface area contributed by atoms with Crippen LogP contribution in [0.1, 0.15) is 19.2 Å². The SMILES string of the molecule is CCCn1nnnc1CSc1nc2ccc(Cl)cc2[nH]1. The first-order valence-electron chi connectivity index (χ1n) is 6.29. The Morgan fingerprint density at radius 3 is 3.15 bits per heavy atom. The minimum absolute atomic E-state index is 0.681. The Morgan fingerprint density at radius 2 is 2.30 bits per heavy atom. The van der Waals surface area contributed by atoms with Crippen LogP contribution >= 0.6 is 23.4 Å². The number of nitrogens with one attached hydrogen (secondary N) is 1. The van der Waals surface area contributed by atoms with Crippen molar-refractivity contribution in [2.24, 2.45) is 0 Å². The normalized spacial score (nSPS) is 11.3. The zero-order valence-corrected chi connectivity index (χ0v) is 12.4. The second kappa shape index (κ2) is 5.80. The van der Waals surface area contributed by atoms with Crippen molar-refractivity contribution in [2.75, 3.05) is 0 Å². The van der Waals surface area contributed by atoms with Crippen LogP contribution in [0.2, 0.25) is 5.02 Å². The van der Waals surface area contributed by atoms with Gasteiger partial charge in [-0.1, -0.05) is 30.3 Å². The number of aromatic nitrogens is 6. The van der Waals surface area contributed by atoms with E-state index < -0.39 is 0 Å². The first kappa shape index (κ1) is 13.4. The Balaban J connectivity index is 1.74. The fourth-order valence-corrected chi connectivity index (χ4v) is 2.86. The summed E-state index contributed by atoms with van der Waals surface area (Å²) in [5.74, 6) is 1.54. The van der Waals surface area contributed by atoms with E-state index in [9.17, 15) is 0 Å². The molecule has 0 amide bonds. The molecule has 0 radical (unpaired) electrons. The Bertz CT molecular complexity index is 722. The van der Waals surface area contributed by atoms with Crippen LogP contribution in [-0.4, -0.2) is 30.2 Å². The maximum Gasteiger partial charge on any atom is 0.166 e. The molecule has 2 heterocycles. The highest BCUT2D eigenvalue weighted by Gasteiger charge is 2.09. The van der Waals surface area contributed by atoms with Gasteiger partial charge in [0.2, 0.25) is 0 Å². The molecule has 0 aliphatic carbocycles. The van der Waals surface area contributed by atoms with E-state index in [1.54, 1.807) is 11.8 Å². The van der Waals surface area contributed by atoms with Crippen LogP contribution < -0.4 is 0 Å². The van der Waals surface area contributed by atoms with Gasteiger partial charge >= 0.3 is 0 Å². The molecular formula is C12H13ClN6S. The number of rotatable bonds is 5. The predicted octanol–water partition coefficient (Wildman–Crippen LogP) is 2.91. The van der Waals surface area contributed by atoms with Gasteiger partial charge < -0.3 is 4.98 Å². The van der Waals surface area contributed by atoms with Gasteiger partial charge in [0.15, 0.2) is 11.0 Å². The molecule has 0 aliphatic rings. The lowest BCUT2D eigenvalue weighted by Gasteiger charge is -2.00. The number of benzene rings is 1. The smallest absolute Gasteiger partial charge is 0.166 e. The molecule has 1 N–H and O–H groups in total. The van der Waals surface area contributed by atoms with E-state index in [0.717, 1.165) is 35.0 Å². The quantitative estimate of drug-likeness (QED) is 0.734. The fraction of sp³-hybridized carbons (Fsp3) is 0.333. The summed E-state index contributed by atoms with van der Waals surface area (Å²) < 4.78 is 1.83. The Labute approximate surface area is 124 Å². The molecule has 0 fully saturated rings. The number of hydrogen-bond acceptors (Lipinski definition) is 5. The number of hydrogen-bond donors (Lipinski definition) is 1. The Morgan fingerprint density at radius 1 is 1.40 bits per heavy atom. The third kappa shape index (κ3) is 2.78. The monoisotopic (exact) mass is 308 g/mol. The van der Waals surface area contributed by atoms with Crippen LogP contribution in [-0.2, 0) is 12.3 Å². The highest BCUT2D eigenvalue weighted by molar-refractivity contribution is 7.98. The molecule has 0 unspecified atom stereocenters. The van der Waals surface area contributed by atoms with E-state index in [1.165, 1.54) is 0 Å². The van der Waals surface area contributed by atoms with Gasteiger partial charge in [-0.3, -0.25) is 0 Å². The summed E-state index contributed by atoms with van der Waals surface area (Å²) in [5.41, 5.74) is 1.85. The highest BCUT2D eigenvalue weighted by Crippen LogP contribution is 2.24. The van der Waals surface area contributed by atoms with Crippen molar-refractivity contribution in [1.29, 1.82) is 0 Å². The van der Waals surface area contributed by atoms with Gasteiger partial charge in [-0.2, -0.15) is 0 Å². The first-order valence-corrected chi connectivity index (χ1v) is 7.65. The van der Waals surface area contributed by atoms with Crippen LogP contribution in [0.5, 0.6) is 0 Å². The largest absolute Gasteiger partial charge is 0.333 e. The van der Waals surface area contributed by atoms with Crippen LogP contribution in [0, 0.1) is 0 Å².